The lowest BCUT2D eigenvalue weighted by Crippen LogP contribution is -2.15. The van der Waals surface area contributed by atoms with Gasteiger partial charge in [0.2, 0.25) is 5.82 Å². The molecule has 1 atom stereocenters. The van der Waals surface area contributed by atoms with E-state index in [0.29, 0.717) is 17.6 Å². The minimum atomic E-state index is -1.14. The molecule has 1 aliphatic carbocycles. The fourth-order valence-electron chi connectivity index (χ4n) is 4.06. The fraction of sp³-hybridized carbons (Fsp3) is 0.435. The monoisotopic (exact) mass is 386 g/mol. The molecule has 28 heavy (non-hydrogen) atoms. The van der Waals surface area contributed by atoms with Gasteiger partial charge in [-0.1, -0.05) is 18.2 Å². The van der Waals surface area contributed by atoms with Crippen molar-refractivity contribution in [2.45, 2.75) is 51.0 Å². The Hall–Kier alpha value is -2.27. The molecule has 0 N–H and O–H groups in total. The second kappa shape index (κ2) is 8.00. The van der Waals surface area contributed by atoms with Crippen LogP contribution in [0.2, 0.25) is 0 Å². The number of ether oxygens (including phenoxy) is 2. The second-order valence-corrected chi connectivity index (χ2v) is 7.93. The third-order valence-corrected chi connectivity index (χ3v) is 5.91. The molecule has 0 amide bonds. The van der Waals surface area contributed by atoms with E-state index in [1.807, 2.05) is 12.1 Å². The number of benzene rings is 2. The normalized spacial score (nSPS) is 24.0. The first-order chi connectivity index (χ1) is 13.5. The van der Waals surface area contributed by atoms with E-state index in [2.05, 4.69) is 0 Å². The van der Waals surface area contributed by atoms with E-state index in [4.69, 9.17) is 9.47 Å². The predicted octanol–water partition coefficient (Wildman–Crippen LogP) is 5.56. The third kappa shape index (κ3) is 4.25. The molecule has 3 nitrogen and oxygen atoms in total. The summed E-state index contributed by atoms with van der Waals surface area (Å²) in [4.78, 5) is 12.3. The number of hydrogen-bond donors (Lipinski definition) is 0. The van der Waals surface area contributed by atoms with Gasteiger partial charge in [-0.15, -0.1) is 0 Å². The average molecular weight is 386 g/mol. The zero-order chi connectivity index (χ0) is 19.7. The van der Waals surface area contributed by atoms with E-state index in [0.717, 1.165) is 25.4 Å². The largest absolute Gasteiger partial charge is 0.420 e. The van der Waals surface area contributed by atoms with Crippen molar-refractivity contribution < 1.29 is 23.0 Å². The maximum atomic E-state index is 13.9. The van der Waals surface area contributed by atoms with Gasteiger partial charge in [0.15, 0.2) is 11.6 Å². The molecule has 2 aromatic rings. The van der Waals surface area contributed by atoms with E-state index in [1.165, 1.54) is 43.9 Å². The molecule has 2 aromatic carbocycles. The van der Waals surface area contributed by atoms with Crippen LogP contribution in [0.15, 0.2) is 36.4 Å². The quantitative estimate of drug-likeness (QED) is 0.384. The molecule has 1 heterocycles. The summed E-state index contributed by atoms with van der Waals surface area (Å²) in [6.45, 7) is 2.38. The van der Waals surface area contributed by atoms with E-state index in [9.17, 15) is 13.6 Å². The molecular weight excluding hydrogens is 362 g/mol. The minimum Gasteiger partial charge on any atom is -0.420 e. The molecule has 0 bridgehead atoms. The van der Waals surface area contributed by atoms with Crippen LogP contribution >= 0.6 is 0 Å². The number of aryl methyl sites for hydroxylation is 1. The van der Waals surface area contributed by atoms with E-state index in [1.54, 1.807) is 12.1 Å². The van der Waals surface area contributed by atoms with Crippen molar-refractivity contribution in [1.82, 2.24) is 0 Å². The molecule has 0 spiro atoms. The first-order valence-electron chi connectivity index (χ1n) is 9.89. The van der Waals surface area contributed by atoms with Gasteiger partial charge in [0, 0.05) is 0 Å². The van der Waals surface area contributed by atoms with Crippen LogP contribution < -0.4 is 4.74 Å². The summed E-state index contributed by atoms with van der Waals surface area (Å²) in [5.41, 5.74) is 1.70. The van der Waals surface area contributed by atoms with E-state index < -0.39 is 23.4 Å². The van der Waals surface area contributed by atoms with Crippen molar-refractivity contribution in [3.63, 3.8) is 0 Å². The Morgan fingerprint density at radius 1 is 1.04 bits per heavy atom. The van der Waals surface area contributed by atoms with Crippen molar-refractivity contribution in [3.8, 4) is 5.75 Å². The Bertz CT molecular complexity index is 851. The fourth-order valence-corrected chi connectivity index (χ4v) is 4.06. The lowest BCUT2D eigenvalue weighted by Gasteiger charge is -2.28. The molecule has 4 rings (SSSR count). The molecule has 2 aliphatic rings. The molecule has 0 radical (unpaired) electrons. The van der Waals surface area contributed by atoms with Gasteiger partial charge in [0.05, 0.1) is 18.3 Å². The van der Waals surface area contributed by atoms with E-state index >= 15 is 0 Å². The van der Waals surface area contributed by atoms with Crippen LogP contribution in [0.5, 0.6) is 5.75 Å². The Morgan fingerprint density at radius 3 is 2.36 bits per heavy atom. The Labute approximate surface area is 163 Å². The number of halogens is 2. The Balaban J connectivity index is 1.36. The van der Waals surface area contributed by atoms with Crippen molar-refractivity contribution in [2.75, 3.05) is 6.61 Å². The number of carbonyl (C=O) groups is 1. The third-order valence-electron chi connectivity index (χ3n) is 5.91. The van der Waals surface area contributed by atoms with Crippen LogP contribution in [0, 0.1) is 24.5 Å². The van der Waals surface area contributed by atoms with Crippen LogP contribution in [0.25, 0.3) is 0 Å². The minimum absolute atomic E-state index is 0.168. The Kier molecular flexibility index (Phi) is 5.44. The summed E-state index contributed by atoms with van der Waals surface area (Å²) in [6.07, 6.45) is 6.41. The van der Waals surface area contributed by atoms with Gasteiger partial charge in [-0.2, -0.15) is 4.39 Å². The average Bonchev–Trinajstić information content (AvgIpc) is 3.53. The van der Waals surface area contributed by atoms with Gasteiger partial charge in [-0.05, 0) is 80.2 Å². The van der Waals surface area contributed by atoms with Crippen molar-refractivity contribution in [3.05, 3.63) is 64.7 Å². The molecule has 1 unspecified atom stereocenters. The highest BCUT2D eigenvalue weighted by molar-refractivity contribution is 5.91. The molecule has 2 fully saturated rings. The maximum Gasteiger partial charge on any atom is 0.343 e. The second-order valence-electron chi connectivity index (χ2n) is 7.93. The topological polar surface area (TPSA) is 38.8 Å². The van der Waals surface area contributed by atoms with E-state index in [-0.39, 0.29) is 5.56 Å². The van der Waals surface area contributed by atoms with Gasteiger partial charge >= 0.3 is 5.97 Å². The highest BCUT2D eigenvalue weighted by atomic mass is 19.2. The number of rotatable bonds is 5. The Morgan fingerprint density at radius 2 is 1.71 bits per heavy atom. The van der Waals surface area contributed by atoms with Crippen LogP contribution in [-0.2, 0) is 4.74 Å². The maximum absolute atomic E-state index is 13.9. The highest BCUT2D eigenvalue weighted by Crippen LogP contribution is 2.39. The van der Waals surface area contributed by atoms with Crippen molar-refractivity contribution in [1.29, 1.82) is 0 Å². The molecule has 5 heteroatoms. The molecule has 148 valence electrons. The summed E-state index contributed by atoms with van der Waals surface area (Å²) < 4.78 is 37.9. The number of esters is 1. The molecule has 1 aliphatic heterocycles. The summed E-state index contributed by atoms with van der Waals surface area (Å²) in [5, 5.41) is 0. The van der Waals surface area contributed by atoms with Gasteiger partial charge in [0.1, 0.15) is 0 Å². The molecule has 0 aromatic heterocycles. The van der Waals surface area contributed by atoms with Gasteiger partial charge in [-0.3, -0.25) is 0 Å². The number of epoxide rings is 1. The standard InChI is InChI=1S/C23H24F2O3/c1-14-2-11-20(22(25)21(14)24)28-23(26)18-9-7-17(8-10-18)16-5-3-15(4-6-16)12-19-13-27-19/h2,7-11,15-16,19H,3-6,12-13H2,1H3. The van der Waals surface area contributed by atoms with Crippen LogP contribution in [-0.4, -0.2) is 18.7 Å². The van der Waals surface area contributed by atoms with Gasteiger partial charge in [0.25, 0.3) is 0 Å². The lowest BCUT2D eigenvalue weighted by molar-refractivity contribution is 0.0726. The van der Waals surface area contributed by atoms with Crippen molar-refractivity contribution >= 4 is 5.97 Å². The molecule has 1 saturated heterocycles. The predicted molar refractivity (Wildman–Crippen MR) is 102 cm³/mol. The number of hydrogen-bond acceptors (Lipinski definition) is 3. The van der Waals surface area contributed by atoms with Crippen molar-refractivity contribution in [2.24, 2.45) is 5.92 Å². The SMILES string of the molecule is Cc1ccc(OC(=O)c2ccc(C3CCC(CC4CO4)CC3)cc2)c(F)c1F. The van der Waals surface area contributed by atoms with Crippen LogP contribution in [0.1, 0.15) is 59.5 Å². The first kappa shape index (κ1) is 19.1. The summed E-state index contributed by atoms with van der Waals surface area (Å²) in [7, 11) is 0. The zero-order valence-corrected chi connectivity index (χ0v) is 15.9. The highest BCUT2D eigenvalue weighted by Gasteiger charge is 2.30. The van der Waals surface area contributed by atoms with Gasteiger partial charge < -0.3 is 9.47 Å². The first-order valence-corrected chi connectivity index (χ1v) is 9.89. The summed E-state index contributed by atoms with van der Waals surface area (Å²) in [6, 6.07) is 9.94. The summed E-state index contributed by atoms with van der Waals surface area (Å²) in [5.74, 6) is -1.95. The zero-order valence-electron chi connectivity index (χ0n) is 15.9. The van der Waals surface area contributed by atoms with Gasteiger partial charge in [-0.25, -0.2) is 9.18 Å². The molecular formula is C23H24F2O3. The molecule has 1 saturated carbocycles. The summed E-state index contributed by atoms with van der Waals surface area (Å²) >= 11 is 0. The van der Waals surface area contributed by atoms with Crippen LogP contribution in [0.3, 0.4) is 0 Å². The number of carbonyl (C=O) groups excluding carboxylic acids is 1. The smallest absolute Gasteiger partial charge is 0.343 e. The van der Waals surface area contributed by atoms with Crippen LogP contribution in [0.4, 0.5) is 8.78 Å². The lowest BCUT2D eigenvalue weighted by atomic mass is 9.77.